The molecular weight excluding hydrogens is 757 g/mol. The van der Waals surface area contributed by atoms with Crippen LogP contribution >= 0.6 is 0 Å². The molecule has 14 heteroatoms. The lowest BCUT2D eigenvalue weighted by molar-refractivity contribution is -0.143. The van der Waals surface area contributed by atoms with Crippen LogP contribution in [0.2, 0.25) is 0 Å². The number of hydrogen-bond donors (Lipinski definition) is 3. The summed E-state index contributed by atoms with van der Waals surface area (Å²) in [5, 5.41) is 2.53. The Morgan fingerprint density at radius 3 is 1.91 bits per heavy atom. The van der Waals surface area contributed by atoms with Crippen molar-refractivity contribution in [3.05, 3.63) is 71.8 Å². The number of carbonyl (C=O) groups is 5. The molecule has 58 heavy (non-hydrogen) atoms. The van der Waals surface area contributed by atoms with Crippen molar-refractivity contribution >= 4 is 39.2 Å². The van der Waals surface area contributed by atoms with E-state index in [0.717, 1.165) is 30.4 Å². The van der Waals surface area contributed by atoms with Crippen molar-refractivity contribution in [1.29, 1.82) is 0 Å². The van der Waals surface area contributed by atoms with Crippen LogP contribution in [0, 0.1) is 23.2 Å². The molecule has 0 saturated carbocycles. The zero-order valence-electron chi connectivity index (χ0n) is 34.5. The lowest BCUT2D eigenvalue weighted by Gasteiger charge is -2.55. The van der Waals surface area contributed by atoms with E-state index < -0.39 is 39.0 Å². The maximum atomic E-state index is 14.2. The Bertz CT molecular complexity index is 1820. The zero-order chi connectivity index (χ0) is 42.0. The Morgan fingerprint density at radius 2 is 1.36 bits per heavy atom. The van der Waals surface area contributed by atoms with Gasteiger partial charge in [-0.05, 0) is 68.5 Å². The standard InChI is InChI=1S/C44H64N6O7S/c1-31(2)22-38(47-41(53)35(23-32-12-6-4-7-13-32)26-39(51)37(46)24-33-14-8-5-9-15-33)40(52)25-34(16-10-11-19-45)42(54)48-20-17-44(18-21-48)29-50(30-44)43(55)49-27-36(28-49)58(3,56)57/h4-9,12-15,31,34-38H,10-11,16-30,45-46H2,1-3H3,(H,47,53)/t34-,35-,37+,38+/m0/s1. The molecular formula is C44H64N6O7S. The summed E-state index contributed by atoms with van der Waals surface area (Å²) in [4.78, 5) is 74.1. The first-order valence-corrected chi connectivity index (χ1v) is 22.9. The van der Waals surface area contributed by atoms with Gasteiger partial charge in [0, 0.05) is 75.6 Å². The molecule has 5 N–H and O–H groups in total. The van der Waals surface area contributed by atoms with Crippen LogP contribution in [0.25, 0.3) is 0 Å². The van der Waals surface area contributed by atoms with Crippen LogP contribution in [0.3, 0.4) is 0 Å². The number of unbranched alkanes of at least 4 members (excludes halogenated alkanes) is 1. The fourth-order valence-electron chi connectivity index (χ4n) is 8.54. The molecule has 3 fully saturated rings. The summed E-state index contributed by atoms with van der Waals surface area (Å²) in [6.07, 6.45) is 5.57. The largest absolute Gasteiger partial charge is 0.346 e. The number of ketones is 2. The molecule has 3 heterocycles. The second-order valence-corrected chi connectivity index (χ2v) is 19.8. The third kappa shape index (κ3) is 12.2. The van der Waals surface area contributed by atoms with E-state index in [1.165, 1.54) is 6.26 Å². The second-order valence-electron chi connectivity index (χ2n) is 17.5. The molecule has 3 aliphatic rings. The van der Waals surface area contributed by atoms with Gasteiger partial charge >= 0.3 is 6.03 Å². The van der Waals surface area contributed by atoms with Gasteiger partial charge in [-0.1, -0.05) is 80.9 Å². The van der Waals surface area contributed by atoms with Gasteiger partial charge in [-0.2, -0.15) is 0 Å². The molecule has 0 aromatic heterocycles. The van der Waals surface area contributed by atoms with Gasteiger partial charge < -0.3 is 31.5 Å². The summed E-state index contributed by atoms with van der Waals surface area (Å²) in [7, 11) is -3.17. The van der Waals surface area contributed by atoms with Gasteiger partial charge in [0.1, 0.15) is 0 Å². The average Bonchev–Trinajstić information content (AvgIpc) is 3.15. The van der Waals surface area contributed by atoms with Crippen LogP contribution in [0.4, 0.5) is 4.79 Å². The first-order valence-electron chi connectivity index (χ1n) is 21.0. The molecule has 4 amide bonds. The third-order valence-corrected chi connectivity index (χ3v) is 13.8. The number of urea groups is 1. The van der Waals surface area contributed by atoms with Crippen molar-refractivity contribution in [2.75, 3.05) is 52.1 Å². The van der Waals surface area contributed by atoms with Crippen molar-refractivity contribution in [2.45, 2.75) is 95.4 Å². The lowest BCUT2D eigenvalue weighted by atomic mass is 9.72. The summed E-state index contributed by atoms with van der Waals surface area (Å²) in [5.74, 6) is -2.11. The number of nitrogens with two attached hydrogens (primary N) is 2. The number of sulfone groups is 1. The van der Waals surface area contributed by atoms with Crippen LogP contribution in [-0.2, 0) is 41.9 Å². The molecule has 2 aromatic carbocycles. The summed E-state index contributed by atoms with van der Waals surface area (Å²) in [6.45, 7) is 7.12. The molecule has 1 spiro atoms. The number of hydrogen-bond acceptors (Lipinski definition) is 9. The number of nitrogens with one attached hydrogen (secondary N) is 1. The second kappa shape index (κ2) is 20.2. The van der Waals surface area contributed by atoms with E-state index in [0.29, 0.717) is 64.8 Å². The minimum Gasteiger partial charge on any atom is -0.346 e. The van der Waals surface area contributed by atoms with Gasteiger partial charge in [0.05, 0.1) is 17.3 Å². The predicted molar refractivity (Wildman–Crippen MR) is 224 cm³/mol. The smallest absolute Gasteiger partial charge is 0.320 e. The molecule has 0 radical (unpaired) electrons. The lowest BCUT2D eigenvalue weighted by Crippen LogP contribution is -2.68. The van der Waals surface area contributed by atoms with Crippen LogP contribution in [0.5, 0.6) is 0 Å². The van der Waals surface area contributed by atoms with Crippen LogP contribution in [0.15, 0.2) is 60.7 Å². The molecule has 318 valence electrons. The van der Waals surface area contributed by atoms with Gasteiger partial charge in [-0.15, -0.1) is 0 Å². The van der Waals surface area contributed by atoms with E-state index in [-0.39, 0.29) is 66.7 Å². The summed E-state index contributed by atoms with van der Waals surface area (Å²) in [5.41, 5.74) is 13.9. The zero-order valence-corrected chi connectivity index (χ0v) is 35.3. The van der Waals surface area contributed by atoms with Crippen molar-refractivity contribution in [3.63, 3.8) is 0 Å². The molecule has 3 saturated heterocycles. The Labute approximate surface area is 344 Å². The number of likely N-dealkylation sites (tertiary alicyclic amines) is 3. The molecule has 4 atom stereocenters. The maximum absolute atomic E-state index is 14.2. The Kier molecular flexibility index (Phi) is 15.7. The first-order chi connectivity index (χ1) is 27.6. The van der Waals surface area contributed by atoms with E-state index in [1.807, 2.05) is 79.4 Å². The number of rotatable bonds is 20. The predicted octanol–water partition coefficient (Wildman–Crippen LogP) is 3.38. The van der Waals surface area contributed by atoms with Crippen molar-refractivity contribution in [2.24, 2.45) is 34.6 Å². The number of amides is 4. The molecule has 0 bridgehead atoms. The molecule has 5 rings (SSSR count). The summed E-state index contributed by atoms with van der Waals surface area (Å²) < 4.78 is 23.6. The normalized spacial score (nSPS) is 18.8. The molecule has 13 nitrogen and oxygen atoms in total. The number of nitrogens with zero attached hydrogens (tertiary/aromatic N) is 3. The van der Waals surface area contributed by atoms with Crippen molar-refractivity contribution in [1.82, 2.24) is 20.0 Å². The first kappa shape index (κ1) is 45.0. The van der Waals surface area contributed by atoms with Crippen LogP contribution in [-0.4, -0.2) is 122 Å². The molecule has 0 unspecified atom stereocenters. The quantitative estimate of drug-likeness (QED) is 0.168. The highest BCUT2D eigenvalue weighted by Crippen LogP contribution is 2.42. The van der Waals surface area contributed by atoms with Crippen molar-refractivity contribution in [3.8, 4) is 0 Å². The summed E-state index contributed by atoms with van der Waals surface area (Å²) in [6, 6.07) is 17.3. The van der Waals surface area contributed by atoms with Crippen LogP contribution in [0.1, 0.15) is 76.3 Å². The van der Waals surface area contributed by atoms with Gasteiger partial charge in [-0.25, -0.2) is 13.2 Å². The maximum Gasteiger partial charge on any atom is 0.320 e. The monoisotopic (exact) mass is 820 g/mol. The van der Waals surface area contributed by atoms with Gasteiger partial charge in [0.25, 0.3) is 0 Å². The van der Waals surface area contributed by atoms with E-state index in [1.54, 1.807) is 9.80 Å². The topological polar surface area (TPSA) is 193 Å². The van der Waals surface area contributed by atoms with Gasteiger partial charge in [0.15, 0.2) is 21.4 Å². The Hall–Kier alpha value is -4.14. The number of piperidine rings is 1. The van der Waals surface area contributed by atoms with Gasteiger partial charge in [0.2, 0.25) is 11.8 Å². The SMILES string of the molecule is CC(C)C[C@@H](NC(=O)[C@H](CC(=O)[C@H](N)Cc1ccccc1)Cc1ccccc1)C(=O)C[C@H](CCCCN)C(=O)N1CCC2(CC1)CN(C(=O)N1CC(S(C)(=O)=O)C1)C2. The van der Waals surface area contributed by atoms with E-state index >= 15 is 0 Å². The fraction of sp³-hybridized carbons (Fsp3) is 0.614. The molecule has 2 aromatic rings. The van der Waals surface area contributed by atoms with E-state index in [4.69, 9.17) is 11.5 Å². The van der Waals surface area contributed by atoms with Crippen molar-refractivity contribution < 1.29 is 32.4 Å². The number of Topliss-reactive ketones (excluding diaryl/α,β-unsaturated/α-hetero) is 2. The average molecular weight is 821 g/mol. The minimum absolute atomic E-state index is 0.0144. The Balaban J connectivity index is 1.20. The highest BCUT2D eigenvalue weighted by Gasteiger charge is 2.50. The van der Waals surface area contributed by atoms with E-state index in [9.17, 15) is 32.4 Å². The number of benzene rings is 2. The minimum atomic E-state index is -3.17. The number of carbonyl (C=O) groups excluding carboxylic acids is 5. The van der Waals surface area contributed by atoms with E-state index in [2.05, 4.69) is 5.32 Å². The van der Waals surface area contributed by atoms with Gasteiger partial charge in [-0.3, -0.25) is 19.2 Å². The highest BCUT2D eigenvalue weighted by atomic mass is 32.2. The molecule has 3 aliphatic heterocycles. The molecule has 0 aliphatic carbocycles. The third-order valence-electron chi connectivity index (χ3n) is 12.3. The summed E-state index contributed by atoms with van der Waals surface area (Å²) >= 11 is 0. The highest BCUT2D eigenvalue weighted by molar-refractivity contribution is 7.91. The van der Waals surface area contributed by atoms with Crippen LogP contribution < -0.4 is 16.8 Å². The fourth-order valence-corrected chi connectivity index (χ4v) is 9.44. The Morgan fingerprint density at radius 1 is 0.793 bits per heavy atom.